The van der Waals surface area contributed by atoms with E-state index in [1.165, 1.54) is 16.7 Å². The molecule has 0 N–H and O–H groups in total. The number of halogens is 1. The van der Waals surface area contributed by atoms with Crippen LogP contribution in [0, 0.1) is 10.1 Å². The number of esters is 1. The topological polar surface area (TPSA) is 116 Å². The summed E-state index contributed by atoms with van der Waals surface area (Å²) in [6, 6.07) is 10.8. The van der Waals surface area contributed by atoms with Crippen molar-refractivity contribution >= 4 is 46.4 Å². The SMILES string of the molecule is CC1=C(C(=O)OC(C)C)C(c2ccccc2Cl)n2c(sc(=Cc3cc([N+](=O)[O-])ccc3N3CCOCC3)c2=O)=N1. The Hall–Kier alpha value is -3.80. The average Bonchev–Trinajstić information content (AvgIpc) is 3.22. The number of benzene rings is 2. The van der Waals surface area contributed by atoms with Crippen molar-refractivity contribution in [3.63, 3.8) is 0 Å². The molecule has 1 unspecified atom stereocenters. The van der Waals surface area contributed by atoms with Gasteiger partial charge in [0.1, 0.15) is 6.04 Å². The summed E-state index contributed by atoms with van der Waals surface area (Å²) in [7, 11) is 0. The number of ether oxygens (including phenoxy) is 2. The van der Waals surface area contributed by atoms with Gasteiger partial charge in [-0.25, -0.2) is 9.79 Å². The lowest BCUT2D eigenvalue weighted by molar-refractivity contribution is -0.384. The molecule has 0 aliphatic carbocycles. The Morgan fingerprint density at radius 1 is 1.25 bits per heavy atom. The molecule has 1 saturated heterocycles. The molecule has 3 aromatic rings. The predicted molar refractivity (Wildman–Crippen MR) is 153 cm³/mol. The van der Waals surface area contributed by atoms with Crippen LogP contribution in [0.1, 0.15) is 37.9 Å². The number of non-ortho nitro benzene ring substituents is 1. The van der Waals surface area contributed by atoms with E-state index in [-0.39, 0.29) is 17.4 Å². The standard InChI is InChI=1S/C28H27ClN4O6S/c1-16(2)39-27(35)24-17(3)30-28-32(25(24)20-6-4-5-7-21(20)29)26(34)23(40-28)15-18-14-19(33(36)37)8-9-22(18)31-10-12-38-13-11-31/h4-9,14-16,25H,10-13H2,1-3H3. The molecule has 0 radical (unpaired) electrons. The molecule has 5 rings (SSSR count). The number of nitrogens with zero attached hydrogens (tertiary/aromatic N) is 4. The predicted octanol–water partition coefficient (Wildman–Crippen LogP) is 3.59. The number of hydrogen-bond donors (Lipinski definition) is 0. The number of fused-ring (bicyclic) bond motifs is 1. The van der Waals surface area contributed by atoms with Gasteiger partial charge in [-0.2, -0.15) is 0 Å². The van der Waals surface area contributed by atoms with Crippen molar-refractivity contribution in [2.24, 2.45) is 4.99 Å². The number of rotatable bonds is 6. The summed E-state index contributed by atoms with van der Waals surface area (Å²) in [5.74, 6) is -0.580. The van der Waals surface area contributed by atoms with Gasteiger partial charge >= 0.3 is 5.97 Å². The van der Waals surface area contributed by atoms with Crippen LogP contribution in [-0.4, -0.2) is 47.9 Å². The highest BCUT2D eigenvalue weighted by molar-refractivity contribution is 7.07. The van der Waals surface area contributed by atoms with E-state index in [4.69, 9.17) is 21.1 Å². The summed E-state index contributed by atoms with van der Waals surface area (Å²) >= 11 is 7.73. The van der Waals surface area contributed by atoms with Crippen LogP contribution < -0.4 is 19.8 Å². The summed E-state index contributed by atoms with van der Waals surface area (Å²) in [6.07, 6.45) is 1.27. The number of hydrogen-bond acceptors (Lipinski definition) is 9. The third-order valence-electron chi connectivity index (χ3n) is 6.64. The molecule has 2 aliphatic rings. The second kappa shape index (κ2) is 11.4. The molecule has 208 valence electrons. The van der Waals surface area contributed by atoms with E-state index in [0.29, 0.717) is 57.5 Å². The van der Waals surface area contributed by atoms with Crippen LogP contribution in [0.15, 0.2) is 63.5 Å². The Labute approximate surface area is 238 Å². The normalized spacial score (nSPS) is 17.6. The van der Waals surface area contributed by atoms with E-state index in [0.717, 1.165) is 17.0 Å². The Bertz CT molecular complexity index is 1700. The van der Waals surface area contributed by atoms with Crippen LogP contribution in [0.4, 0.5) is 11.4 Å². The van der Waals surface area contributed by atoms with Crippen molar-refractivity contribution in [2.45, 2.75) is 32.9 Å². The molecular weight excluding hydrogens is 556 g/mol. The number of aromatic nitrogens is 1. The summed E-state index contributed by atoms with van der Waals surface area (Å²) in [6.45, 7) is 7.50. The second-order valence-corrected chi connectivity index (χ2v) is 11.1. The van der Waals surface area contributed by atoms with Crippen LogP contribution in [-0.2, 0) is 14.3 Å². The monoisotopic (exact) mass is 582 g/mol. The highest BCUT2D eigenvalue weighted by Crippen LogP contribution is 2.35. The van der Waals surface area contributed by atoms with Gasteiger partial charge in [0.25, 0.3) is 11.2 Å². The first-order chi connectivity index (χ1) is 19.2. The number of nitro groups is 1. The molecule has 0 saturated carbocycles. The first-order valence-corrected chi connectivity index (χ1v) is 13.9. The third-order valence-corrected chi connectivity index (χ3v) is 7.97. The maximum absolute atomic E-state index is 14.0. The minimum Gasteiger partial charge on any atom is -0.459 e. The molecule has 3 heterocycles. The largest absolute Gasteiger partial charge is 0.459 e. The summed E-state index contributed by atoms with van der Waals surface area (Å²) < 4.78 is 12.8. The zero-order valence-corrected chi connectivity index (χ0v) is 23.7. The quantitative estimate of drug-likeness (QED) is 0.248. The molecule has 0 amide bonds. The number of morpholine rings is 1. The molecule has 1 fully saturated rings. The summed E-state index contributed by atoms with van der Waals surface area (Å²) in [5, 5.41) is 12.0. The van der Waals surface area contributed by atoms with Crippen molar-refractivity contribution in [3.05, 3.63) is 99.7 Å². The Kier molecular flexibility index (Phi) is 7.88. The maximum Gasteiger partial charge on any atom is 0.338 e. The molecule has 2 aromatic carbocycles. The summed E-state index contributed by atoms with van der Waals surface area (Å²) in [4.78, 5) is 45.5. The molecule has 0 bridgehead atoms. The molecule has 1 aromatic heterocycles. The fourth-order valence-corrected chi connectivity index (χ4v) is 6.13. The van der Waals surface area contributed by atoms with Gasteiger partial charge in [-0.15, -0.1) is 0 Å². The van der Waals surface area contributed by atoms with Gasteiger partial charge in [-0.05, 0) is 44.5 Å². The van der Waals surface area contributed by atoms with Gasteiger partial charge in [0.2, 0.25) is 0 Å². The Balaban J connectivity index is 1.72. The molecule has 12 heteroatoms. The lowest BCUT2D eigenvalue weighted by atomic mass is 9.96. The number of allylic oxidation sites excluding steroid dienone is 1. The first kappa shape index (κ1) is 27.8. The van der Waals surface area contributed by atoms with Crippen molar-refractivity contribution in [3.8, 4) is 0 Å². The van der Waals surface area contributed by atoms with Gasteiger partial charge in [0.05, 0.1) is 40.0 Å². The van der Waals surface area contributed by atoms with Crippen LogP contribution in [0.3, 0.4) is 0 Å². The highest BCUT2D eigenvalue weighted by Gasteiger charge is 2.35. The Morgan fingerprint density at radius 3 is 2.65 bits per heavy atom. The molecule has 40 heavy (non-hydrogen) atoms. The van der Waals surface area contributed by atoms with Gasteiger partial charge in [0, 0.05) is 41.5 Å². The zero-order valence-electron chi connectivity index (χ0n) is 22.1. The fraction of sp³-hybridized carbons (Fsp3) is 0.321. The summed E-state index contributed by atoms with van der Waals surface area (Å²) in [5.41, 5.74) is 2.03. The molecule has 10 nitrogen and oxygen atoms in total. The minimum atomic E-state index is -0.859. The number of carbonyl (C=O) groups is 1. The van der Waals surface area contributed by atoms with Crippen molar-refractivity contribution in [1.29, 1.82) is 0 Å². The molecule has 2 aliphatic heterocycles. The van der Waals surface area contributed by atoms with E-state index in [1.807, 2.05) is 0 Å². The van der Waals surface area contributed by atoms with Gasteiger partial charge in [-0.3, -0.25) is 19.5 Å². The number of nitro benzene ring substituents is 1. The van der Waals surface area contributed by atoms with Gasteiger partial charge < -0.3 is 14.4 Å². The smallest absolute Gasteiger partial charge is 0.338 e. The third kappa shape index (κ3) is 5.32. The fourth-order valence-electron chi connectivity index (χ4n) is 4.86. The van der Waals surface area contributed by atoms with Crippen LogP contribution in [0.5, 0.6) is 0 Å². The number of thiazole rings is 1. The molecule has 1 atom stereocenters. The number of carbonyl (C=O) groups excluding carboxylic acids is 1. The maximum atomic E-state index is 14.0. The molecule has 0 spiro atoms. The van der Waals surface area contributed by atoms with E-state index < -0.39 is 22.5 Å². The van der Waals surface area contributed by atoms with E-state index in [2.05, 4.69) is 9.89 Å². The zero-order chi connectivity index (χ0) is 28.6. The number of anilines is 1. The van der Waals surface area contributed by atoms with Crippen LogP contribution in [0.2, 0.25) is 5.02 Å². The first-order valence-electron chi connectivity index (χ1n) is 12.7. The average molecular weight is 583 g/mol. The Morgan fingerprint density at radius 2 is 1.98 bits per heavy atom. The lowest BCUT2D eigenvalue weighted by Gasteiger charge is -2.30. The highest BCUT2D eigenvalue weighted by atomic mass is 35.5. The van der Waals surface area contributed by atoms with Crippen molar-refractivity contribution < 1.29 is 19.2 Å². The van der Waals surface area contributed by atoms with E-state index >= 15 is 0 Å². The second-order valence-electron chi connectivity index (χ2n) is 9.66. The van der Waals surface area contributed by atoms with Gasteiger partial charge in [0.15, 0.2) is 4.80 Å². The van der Waals surface area contributed by atoms with Crippen LogP contribution >= 0.6 is 22.9 Å². The van der Waals surface area contributed by atoms with Crippen molar-refractivity contribution in [2.75, 3.05) is 31.2 Å². The minimum absolute atomic E-state index is 0.0838. The molecular formula is C28H27ClN4O6S. The van der Waals surface area contributed by atoms with E-state index in [9.17, 15) is 19.7 Å². The van der Waals surface area contributed by atoms with Crippen LogP contribution in [0.25, 0.3) is 6.08 Å². The lowest BCUT2D eigenvalue weighted by Crippen LogP contribution is -2.40. The van der Waals surface area contributed by atoms with Crippen molar-refractivity contribution in [1.82, 2.24) is 4.57 Å². The van der Waals surface area contributed by atoms with Gasteiger partial charge in [-0.1, -0.05) is 41.1 Å². The van der Waals surface area contributed by atoms with E-state index in [1.54, 1.807) is 57.2 Å².